The first kappa shape index (κ1) is 16.2. The third kappa shape index (κ3) is 3.18. The van der Waals surface area contributed by atoms with Gasteiger partial charge in [0.25, 0.3) is 0 Å². The largest absolute Gasteiger partial charge is 0.478 e. The van der Waals surface area contributed by atoms with E-state index in [1.807, 2.05) is 0 Å². The molecule has 2 aromatic heterocycles. The van der Waals surface area contributed by atoms with Gasteiger partial charge in [0.2, 0.25) is 0 Å². The number of nitrogens with zero attached hydrogens (tertiary/aromatic N) is 4. The van der Waals surface area contributed by atoms with Gasteiger partial charge in [0.15, 0.2) is 6.23 Å². The molecule has 0 saturated carbocycles. The van der Waals surface area contributed by atoms with Crippen molar-refractivity contribution < 1.29 is 15.0 Å². The number of H-pyrrole nitrogens is 1. The number of aliphatic hydroxyl groups excluding tert-OH is 1. The van der Waals surface area contributed by atoms with Gasteiger partial charge < -0.3 is 15.5 Å². The van der Waals surface area contributed by atoms with Crippen LogP contribution in [0.15, 0.2) is 30.7 Å². The first-order valence-electron chi connectivity index (χ1n) is 6.54. The molecule has 0 saturated heterocycles. The number of hydrogen-bond donors (Lipinski definition) is 4. The van der Waals surface area contributed by atoms with E-state index >= 15 is 0 Å². The van der Waals surface area contributed by atoms with Gasteiger partial charge in [-0.2, -0.15) is 5.10 Å². The highest BCUT2D eigenvalue weighted by Crippen LogP contribution is 2.30. The van der Waals surface area contributed by atoms with E-state index < -0.39 is 12.2 Å². The molecule has 0 aliphatic carbocycles. The number of carboxylic acids is 1. The Morgan fingerprint density at radius 3 is 2.75 bits per heavy atom. The van der Waals surface area contributed by atoms with Gasteiger partial charge in [0.1, 0.15) is 11.4 Å². The Hall–Kier alpha value is -2.62. The zero-order chi connectivity index (χ0) is 17.3. The summed E-state index contributed by atoms with van der Waals surface area (Å²) in [4.78, 5) is 11.3. The Bertz CT molecular complexity index is 880. The van der Waals surface area contributed by atoms with Crippen LogP contribution in [0.2, 0.25) is 10.0 Å². The van der Waals surface area contributed by atoms with Gasteiger partial charge in [-0.25, -0.2) is 9.48 Å². The fourth-order valence-electron chi connectivity index (χ4n) is 1.96. The number of halogens is 2. The summed E-state index contributed by atoms with van der Waals surface area (Å²) in [5.41, 5.74) is 0.772. The quantitative estimate of drug-likeness (QED) is 0.507. The maximum Gasteiger partial charge on any atom is 0.337 e. The van der Waals surface area contributed by atoms with Crippen LogP contribution >= 0.6 is 23.2 Å². The van der Waals surface area contributed by atoms with Crippen molar-refractivity contribution in [2.24, 2.45) is 0 Å². The lowest BCUT2D eigenvalue weighted by molar-refractivity contribution is 0.0697. The second-order valence-electron chi connectivity index (χ2n) is 4.71. The molecule has 0 aliphatic heterocycles. The maximum absolute atomic E-state index is 11.3. The number of hydrogen-bond acceptors (Lipinski definition) is 6. The number of aromatic amines is 1. The Morgan fingerprint density at radius 2 is 2.08 bits per heavy atom. The molecule has 3 aromatic rings. The number of nitrogens with one attached hydrogen (secondary N) is 2. The zero-order valence-corrected chi connectivity index (χ0v) is 13.3. The molecule has 0 bridgehead atoms. The predicted molar refractivity (Wildman–Crippen MR) is 85.5 cm³/mol. The number of aromatic nitrogens is 5. The van der Waals surface area contributed by atoms with Crippen molar-refractivity contribution in [1.82, 2.24) is 25.2 Å². The van der Waals surface area contributed by atoms with E-state index in [1.165, 1.54) is 29.2 Å². The second-order valence-corrected chi connectivity index (χ2v) is 5.52. The number of anilines is 1. The Kier molecular flexibility index (Phi) is 4.38. The fourth-order valence-corrected chi connectivity index (χ4v) is 2.29. The van der Waals surface area contributed by atoms with Crippen LogP contribution in [0, 0.1) is 0 Å². The van der Waals surface area contributed by atoms with Crippen LogP contribution in [0.1, 0.15) is 22.3 Å². The maximum atomic E-state index is 11.3. The number of carboxylic acid groups (broad SMARTS) is 1. The normalized spacial score (nSPS) is 12.1. The van der Waals surface area contributed by atoms with Gasteiger partial charge in [-0.05, 0) is 12.1 Å². The number of aromatic carboxylic acids is 1. The number of carbonyl (C=O) groups is 1. The molecule has 0 aliphatic rings. The average Bonchev–Trinajstić information content (AvgIpc) is 3.20. The lowest BCUT2D eigenvalue weighted by atomic mass is 10.1. The van der Waals surface area contributed by atoms with Gasteiger partial charge in [-0.1, -0.05) is 28.4 Å². The molecule has 2 heterocycles. The van der Waals surface area contributed by atoms with Gasteiger partial charge in [0.05, 0.1) is 33.7 Å². The highest BCUT2D eigenvalue weighted by Gasteiger charge is 2.19. The van der Waals surface area contributed by atoms with Gasteiger partial charge in [-0.15, -0.1) is 5.10 Å². The fraction of sp³-hybridized carbons (Fsp3) is 0.0769. The molecule has 1 unspecified atom stereocenters. The highest BCUT2D eigenvalue weighted by atomic mass is 35.5. The van der Waals surface area contributed by atoms with E-state index in [9.17, 15) is 15.0 Å². The summed E-state index contributed by atoms with van der Waals surface area (Å²) in [6.45, 7) is 0. The van der Waals surface area contributed by atoms with Crippen molar-refractivity contribution in [1.29, 1.82) is 0 Å². The summed E-state index contributed by atoms with van der Waals surface area (Å²) in [5.74, 6) is -1.22. The molecule has 1 atom stereocenters. The van der Waals surface area contributed by atoms with Crippen LogP contribution in [0.25, 0.3) is 5.69 Å². The molecule has 0 radical (unpaired) electrons. The molecule has 124 valence electrons. The Labute approximate surface area is 144 Å². The summed E-state index contributed by atoms with van der Waals surface area (Å²) < 4.78 is 1.40. The molecule has 0 fully saturated rings. The first-order chi connectivity index (χ1) is 11.5. The topological polar surface area (TPSA) is 129 Å². The van der Waals surface area contributed by atoms with Crippen molar-refractivity contribution in [2.45, 2.75) is 6.23 Å². The third-order valence-corrected chi connectivity index (χ3v) is 3.84. The van der Waals surface area contributed by atoms with E-state index in [0.717, 1.165) is 0 Å². The summed E-state index contributed by atoms with van der Waals surface area (Å²) in [6, 6.07) is 2.51. The van der Waals surface area contributed by atoms with Crippen molar-refractivity contribution >= 4 is 34.9 Å². The van der Waals surface area contributed by atoms with Gasteiger partial charge in [0, 0.05) is 6.20 Å². The number of benzene rings is 1. The average molecular weight is 369 g/mol. The van der Waals surface area contributed by atoms with Crippen LogP contribution < -0.4 is 5.32 Å². The van der Waals surface area contributed by atoms with Crippen molar-refractivity contribution in [3.63, 3.8) is 0 Å². The molecule has 24 heavy (non-hydrogen) atoms. The predicted octanol–water partition coefficient (Wildman–Crippen LogP) is 2.10. The number of rotatable bonds is 5. The van der Waals surface area contributed by atoms with Crippen LogP contribution in [0.4, 0.5) is 5.69 Å². The summed E-state index contributed by atoms with van der Waals surface area (Å²) in [7, 11) is 0. The van der Waals surface area contributed by atoms with Crippen LogP contribution in [-0.2, 0) is 0 Å². The number of aliphatic hydroxyl groups is 1. The second kappa shape index (κ2) is 6.48. The molecule has 0 amide bonds. The SMILES string of the molecule is O=C(O)c1cc(Cl)c(Cl)cc1NC(O)c1cn(-c2cn[nH]c2)nn1. The van der Waals surface area contributed by atoms with E-state index in [2.05, 4.69) is 25.8 Å². The molecule has 1 aromatic carbocycles. The third-order valence-electron chi connectivity index (χ3n) is 3.12. The molecule has 11 heteroatoms. The summed E-state index contributed by atoms with van der Waals surface area (Å²) >= 11 is 11.7. The summed E-state index contributed by atoms with van der Waals surface area (Å²) in [6.07, 6.45) is 3.29. The van der Waals surface area contributed by atoms with Crippen molar-refractivity contribution in [3.8, 4) is 5.69 Å². The minimum atomic E-state index is -1.30. The van der Waals surface area contributed by atoms with Crippen molar-refractivity contribution in [2.75, 3.05) is 5.32 Å². The molecule has 9 nitrogen and oxygen atoms in total. The van der Waals surface area contributed by atoms with Crippen LogP contribution in [0.5, 0.6) is 0 Å². The van der Waals surface area contributed by atoms with E-state index in [0.29, 0.717) is 5.69 Å². The van der Waals surface area contributed by atoms with Crippen LogP contribution in [0.3, 0.4) is 0 Å². The zero-order valence-electron chi connectivity index (χ0n) is 11.8. The lowest BCUT2D eigenvalue weighted by Crippen LogP contribution is -2.13. The first-order valence-corrected chi connectivity index (χ1v) is 7.29. The lowest BCUT2D eigenvalue weighted by Gasteiger charge is -2.14. The van der Waals surface area contributed by atoms with E-state index in [1.54, 1.807) is 6.20 Å². The Balaban J connectivity index is 1.86. The highest BCUT2D eigenvalue weighted by molar-refractivity contribution is 6.42. The molecular weight excluding hydrogens is 359 g/mol. The van der Waals surface area contributed by atoms with Crippen molar-refractivity contribution in [3.05, 3.63) is 52.0 Å². The van der Waals surface area contributed by atoms with E-state index in [4.69, 9.17) is 23.2 Å². The van der Waals surface area contributed by atoms with E-state index in [-0.39, 0.29) is 27.0 Å². The van der Waals surface area contributed by atoms with Gasteiger partial charge in [-0.3, -0.25) is 5.10 Å². The van der Waals surface area contributed by atoms with Gasteiger partial charge >= 0.3 is 5.97 Å². The summed E-state index contributed by atoms with van der Waals surface area (Å²) in [5, 5.41) is 36.4. The Morgan fingerprint density at radius 1 is 1.33 bits per heavy atom. The molecule has 0 spiro atoms. The molecule has 3 rings (SSSR count). The standard InChI is InChI=1S/C13H10Cl2N6O3/c14-8-1-7(13(23)24)10(2-9(8)15)18-12(22)11-5-21(20-19-11)6-3-16-17-4-6/h1-5,12,18,22H,(H,16,17)(H,23,24). The van der Waals surface area contributed by atoms with Crippen LogP contribution in [-0.4, -0.2) is 41.4 Å². The minimum Gasteiger partial charge on any atom is -0.478 e. The monoisotopic (exact) mass is 368 g/mol. The minimum absolute atomic E-state index is 0.0972. The smallest absolute Gasteiger partial charge is 0.337 e. The molecular formula is C13H10Cl2N6O3. The molecule has 4 N–H and O–H groups in total.